The fourth-order valence-corrected chi connectivity index (χ4v) is 5.67. The van der Waals surface area contributed by atoms with Gasteiger partial charge < -0.3 is 25.6 Å². The number of amidine groups is 1. The molecule has 0 aliphatic carbocycles. The van der Waals surface area contributed by atoms with E-state index in [1.54, 1.807) is 36.1 Å². The summed E-state index contributed by atoms with van der Waals surface area (Å²) in [6.45, 7) is 2.99. The van der Waals surface area contributed by atoms with Crippen LogP contribution in [0.5, 0.6) is 0 Å². The van der Waals surface area contributed by atoms with Gasteiger partial charge in [0, 0.05) is 37.9 Å². The molecule has 1 aliphatic heterocycles. The molecule has 1 aromatic heterocycles. The van der Waals surface area contributed by atoms with E-state index in [9.17, 15) is 18.0 Å². The predicted octanol–water partition coefficient (Wildman–Crippen LogP) is 1.78. The Hall–Kier alpha value is -3.68. The van der Waals surface area contributed by atoms with Gasteiger partial charge in [-0.1, -0.05) is 6.07 Å². The first kappa shape index (κ1) is 30.9. The van der Waals surface area contributed by atoms with Crippen molar-refractivity contribution in [3.05, 3.63) is 59.4 Å². The number of hydrogen-bond donors (Lipinski definition) is 5. The maximum atomic E-state index is 13.7. The monoisotopic (exact) mass is 591 g/mol. The Bertz CT molecular complexity index is 1520. The number of nitrogen functional groups attached to an aromatic ring is 1. The Morgan fingerprint density at radius 2 is 1.80 bits per heavy atom. The number of aryl methyl sites for hydroxylation is 1. The van der Waals surface area contributed by atoms with Crippen molar-refractivity contribution in [2.75, 3.05) is 30.7 Å². The van der Waals surface area contributed by atoms with Crippen LogP contribution in [-0.4, -0.2) is 71.1 Å². The fraction of sp³-hybridized carbons (Fsp3) is 0.385. The summed E-state index contributed by atoms with van der Waals surface area (Å²) in [6, 6.07) is 12.6. The number of aromatic nitrogens is 2. The molecule has 14 heteroatoms. The molecular formula is C26H34ClN7O5S. The second-order valence-corrected chi connectivity index (χ2v) is 11.7. The van der Waals surface area contributed by atoms with Crippen molar-refractivity contribution in [3.8, 4) is 0 Å². The van der Waals surface area contributed by atoms with E-state index in [2.05, 4.69) is 10.0 Å². The number of fused-ring (bicyclic) bond motifs is 1. The lowest BCUT2D eigenvalue weighted by Gasteiger charge is -2.33. The molecule has 2 aromatic carbocycles. The smallest absolute Gasteiger partial charge is 0.320 e. The lowest BCUT2D eigenvalue weighted by atomic mass is 9.81. The number of halogens is 1. The molecule has 0 saturated carbocycles. The first-order valence-electron chi connectivity index (χ1n) is 12.5. The van der Waals surface area contributed by atoms with Gasteiger partial charge in [0.1, 0.15) is 11.7 Å². The standard InChI is InChI=1S/C26H33N7O5S.ClH/c1-26(25(36)33-11-3-4-12-33,16-30-39(37,38)15-23(34)35)18-7-10-21-20(13-18)31-22(32(21)2)14-29-19-8-5-17(6-9-19)24(27)28;/h5-10,13,29-30H,3-4,11-12,14-16H2,1-2H3,(H3,27,28)(H,34,35);1H. The summed E-state index contributed by atoms with van der Waals surface area (Å²) in [4.78, 5) is 31.1. The highest BCUT2D eigenvalue weighted by molar-refractivity contribution is 7.90. The van der Waals surface area contributed by atoms with Crippen molar-refractivity contribution in [1.82, 2.24) is 19.2 Å². The minimum absolute atomic E-state index is 0. The van der Waals surface area contributed by atoms with E-state index < -0.39 is 27.2 Å². The number of nitrogens with two attached hydrogens (primary N) is 1. The van der Waals surface area contributed by atoms with Gasteiger partial charge in [-0.2, -0.15) is 0 Å². The largest absolute Gasteiger partial charge is 0.480 e. The highest BCUT2D eigenvalue weighted by Crippen LogP contribution is 2.31. The Labute approximate surface area is 238 Å². The molecule has 1 atom stereocenters. The van der Waals surface area contributed by atoms with Crippen molar-refractivity contribution < 1.29 is 23.1 Å². The van der Waals surface area contributed by atoms with Crippen molar-refractivity contribution in [1.29, 1.82) is 5.41 Å². The highest BCUT2D eigenvalue weighted by atomic mass is 35.5. The zero-order valence-corrected chi connectivity index (χ0v) is 23.9. The zero-order valence-electron chi connectivity index (χ0n) is 22.3. The number of sulfonamides is 1. The van der Waals surface area contributed by atoms with Crippen LogP contribution in [0.15, 0.2) is 42.5 Å². The highest BCUT2D eigenvalue weighted by Gasteiger charge is 2.40. The van der Waals surface area contributed by atoms with Gasteiger partial charge in [0.05, 0.1) is 23.0 Å². The van der Waals surface area contributed by atoms with E-state index >= 15 is 0 Å². The van der Waals surface area contributed by atoms with Crippen molar-refractivity contribution in [2.45, 2.75) is 31.7 Å². The third kappa shape index (κ3) is 6.72. The van der Waals surface area contributed by atoms with Gasteiger partial charge in [-0.25, -0.2) is 18.1 Å². The van der Waals surface area contributed by atoms with Crippen LogP contribution >= 0.6 is 12.4 Å². The SMILES string of the molecule is Cl.Cn1c(CNc2ccc(C(=N)N)cc2)nc2cc(C(C)(CNS(=O)(=O)CC(=O)O)C(=O)N3CCCC3)ccc21. The molecule has 0 bridgehead atoms. The molecule has 1 amide bonds. The van der Waals surface area contributed by atoms with Gasteiger partial charge in [0.25, 0.3) is 0 Å². The topological polar surface area (TPSA) is 183 Å². The lowest BCUT2D eigenvalue weighted by molar-refractivity contribution is -0.135. The molecule has 12 nitrogen and oxygen atoms in total. The summed E-state index contributed by atoms with van der Waals surface area (Å²) in [5.41, 5.74) is 7.79. The second-order valence-electron chi connectivity index (χ2n) is 9.94. The summed E-state index contributed by atoms with van der Waals surface area (Å²) in [6.07, 6.45) is 1.75. The number of likely N-dealkylation sites (tertiary alicyclic amines) is 1. The molecule has 1 fully saturated rings. The molecule has 1 unspecified atom stereocenters. The predicted molar refractivity (Wildman–Crippen MR) is 155 cm³/mol. The fourth-order valence-electron chi connectivity index (χ4n) is 4.74. The number of amides is 1. The average molecular weight is 592 g/mol. The van der Waals surface area contributed by atoms with Crippen LogP contribution in [0, 0.1) is 5.41 Å². The van der Waals surface area contributed by atoms with E-state index in [0.29, 0.717) is 36.3 Å². The number of nitrogens with one attached hydrogen (secondary N) is 3. The van der Waals surface area contributed by atoms with Gasteiger partial charge in [-0.15, -0.1) is 12.4 Å². The minimum atomic E-state index is -4.13. The van der Waals surface area contributed by atoms with Crippen LogP contribution < -0.4 is 15.8 Å². The Morgan fingerprint density at radius 3 is 2.40 bits per heavy atom. The molecule has 6 N–H and O–H groups in total. The summed E-state index contributed by atoms with van der Waals surface area (Å²) >= 11 is 0. The van der Waals surface area contributed by atoms with E-state index in [4.69, 9.17) is 21.2 Å². The number of carbonyl (C=O) groups excluding carboxylic acids is 1. The second kappa shape index (κ2) is 12.2. The number of hydrogen-bond acceptors (Lipinski definition) is 7. The quantitative estimate of drug-likeness (QED) is 0.165. The normalized spacial score (nSPS) is 14.9. The van der Waals surface area contributed by atoms with Crippen LogP contribution in [0.4, 0.5) is 5.69 Å². The number of rotatable bonds is 11. The Morgan fingerprint density at radius 1 is 1.15 bits per heavy atom. The molecule has 0 spiro atoms. The lowest BCUT2D eigenvalue weighted by Crippen LogP contribution is -2.51. The van der Waals surface area contributed by atoms with Crippen LogP contribution in [0.25, 0.3) is 11.0 Å². The van der Waals surface area contributed by atoms with Gasteiger partial charge in [-0.05, 0) is 61.7 Å². The molecule has 216 valence electrons. The first-order chi connectivity index (χ1) is 18.4. The number of anilines is 1. The van der Waals surface area contributed by atoms with E-state index in [-0.39, 0.29) is 30.7 Å². The number of carboxylic acids is 1. The van der Waals surface area contributed by atoms with Crippen LogP contribution in [0.1, 0.15) is 36.7 Å². The molecule has 2 heterocycles. The number of carbonyl (C=O) groups is 2. The third-order valence-corrected chi connectivity index (χ3v) is 8.29. The molecular weight excluding hydrogens is 558 g/mol. The van der Waals surface area contributed by atoms with Gasteiger partial charge in [-0.3, -0.25) is 15.0 Å². The maximum absolute atomic E-state index is 13.7. The van der Waals surface area contributed by atoms with Gasteiger partial charge in [0.2, 0.25) is 15.9 Å². The molecule has 40 heavy (non-hydrogen) atoms. The first-order valence-corrected chi connectivity index (χ1v) is 14.2. The number of nitrogens with zero attached hydrogens (tertiary/aromatic N) is 3. The molecule has 0 radical (unpaired) electrons. The molecule has 3 aromatic rings. The number of imidazole rings is 1. The number of aliphatic carboxylic acids is 1. The van der Waals surface area contributed by atoms with Crippen molar-refractivity contribution in [3.63, 3.8) is 0 Å². The van der Waals surface area contributed by atoms with Crippen LogP contribution in [0.3, 0.4) is 0 Å². The van der Waals surface area contributed by atoms with Crippen molar-refractivity contribution in [2.24, 2.45) is 12.8 Å². The molecule has 1 aliphatic rings. The molecule has 1 saturated heterocycles. The summed E-state index contributed by atoms with van der Waals surface area (Å²) < 4.78 is 28.9. The summed E-state index contributed by atoms with van der Waals surface area (Å²) in [7, 11) is -2.24. The number of benzene rings is 2. The van der Waals surface area contributed by atoms with E-state index in [1.165, 1.54) is 0 Å². The van der Waals surface area contributed by atoms with Crippen LogP contribution in [0.2, 0.25) is 0 Å². The third-order valence-electron chi connectivity index (χ3n) is 7.08. The summed E-state index contributed by atoms with van der Waals surface area (Å²) in [5, 5.41) is 19.8. The van der Waals surface area contributed by atoms with Crippen molar-refractivity contribution >= 4 is 56.9 Å². The Balaban J connectivity index is 0.00000441. The van der Waals surface area contributed by atoms with Gasteiger partial charge >= 0.3 is 5.97 Å². The summed E-state index contributed by atoms with van der Waals surface area (Å²) in [5.74, 6) is -2.02. The maximum Gasteiger partial charge on any atom is 0.320 e. The van der Waals surface area contributed by atoms with E-state index in [0.717, 1.165) is 29.9 Å². The zero-order chi connectivity index (χ0) is 28.4. The average Bonchev–Trinajstić information content (AvgIpc) is 3.53. The Kier molecular flexibility index (Phi) is 9.44. The van der Waals surface area contributed by atoms with Crippen LogP contribution in [-0.2, 0) is 38.6 Å². The minimum Gasteiger partial charge on any atom is -0.480 e. The number of carboxylic acid groups (broad SMARTS) is 1. The van der Waals surface area contributed by atoms with Gasteiger partial charge in [0.15, 0.2) is 5.75 Å². The van der Waals surface area contributed by atoms with E-state index in [1.807, 2.05) is 29.8 Å². The molecule has 4 rings (SSSR count).